The molecule has 0 aliphatic carbocycles. The zero-order chi connectivity index (χ0) is 12.8. The Morgan fingerprint density at radius 3 is 3.17 bits per heavy atom. The van der Waals surface area contributed by atoms with Crippen molar-refractivity contribution in [1.82, 2.24) is 15.6 Å². The lowest BCUT2D eigenvalue weighted by molar-refractivity contribution is -0.122. The van der Waals surface area contributed by atoms with Crippen molar-refractivity contribution in [3.63, 3.8) is 0 Å². The van der Waals surface area contributed by atoms with Crippen molar-refractivity contribution in [2.24, 2.45) is 0 Å². The highest BCUT2D eigenvalue weighted by molar-refractivity contribution is 7.99. The van der Waals surface area contributed by atoms with Gasteiger partial charge in [-0.05, 0) is 5.56 Å². The number of rotatable bonds is 4. The maximum atomic E-state index is 11.9. The molecule has 2 N–H and O–H groups in total. The van der Waals surface area contributed by atoms with Gasteiger partial charge in [0.1, 0.15) is 0 Å². The molecule has 1 aliphatic heterocycles. The van der Waals surface area contributed by atoms with E-state index in [1.165, 1.54) is 0 Å². The van der Waals surface area contributed by atoms with Crippen LogP contribution in [0.5, 0.6) is 5.88 Å². The molecular weight excluding hydrogens is 250 g/mol. The number of methoxy groups -OCH3 is 1. The molecule has 0 radical (unpaired) electrons. The Morgan fingerprint density at radius 1 is 1.67 bits per heavy atom. The van der Waals surface area contributed by atoms with Crippen LogP contribution in [0.2, 0.25) is 0 Å². The number of amides is 1. The first-order valence-corrected chi connectivity index (χ1v) is 7.03. The Bertz CT molecular complexity index is 391. The summed E-state index contributed by atoms with van der Waals surface area (Å²) in [5.41, 5.74) is 0.965. The third-order valence-electron chi connectivity index (χ3n) is 2.71. The first-order valence-electron chi connectivity index (χ1n) is 5.87. The van der Waals surface area contributed by atoms with Gasteiger partial charge in [0.05, 0.1) is 13.2 Å². The Morgan fingerprint density at radius 2 is 2.56 bits per heavy atom. The number of pyridine rings is 1. The number of aromatic nitrogens is 1. The number of carbonyl (C=O) groups is 1. The van der Waals surface area contributed by atoms with Gasteiger partial charge in [0.2, 0.25) is 11.8 Å². The van der Waals surface area contributed by atoms with Gasteiger partial charge in [0.15, 0.2) is 0 Å². The summed E-state index contributed by atoms with van der Waals surface area (Å²) in [6.45, 7) is 1.39. The van der Waals surface area contributed by atoms with Crippen LogP contribution in [0.4, 0.5) is 0 Å². The van der Waals surface area contributed by atoms with E-state index < -0.39 is 0 Å². The van der Waals surface area contributed by atoms with Crippen LogP contribution in [-0.4, -0.2) is 42.1 Å². The van der Waals surface area contributed by atoms with Crippen LogP contribution in [0.1, 0.15) is 5.56 Å². The molecule has 18 heavy (non-hydrogen) atoms. The Hall–Kier alpha value is -1.27. The predicted molar refractivity (Wildman–Crippen MR) is 71.8 cm³/mol. The van der Waals surface area contributed by atoms with Crippen LogP contribution in [0, 0.1) is 0 Å². The topological polar surface area (TPSA) is 63.2 Å². The second-order valence-electron chi connectivity index (χ2n) is 4.01. The molecule has 1 saturated heterocycles. The number of nitrogens with one attached hydrogen (secondary N) is 2. The van der Waals surface area contributed by atoms with E-state index in [0.29, 0.717) is 12.4 Å². The first kappa shape index (κ1) is 13.2. The monoisotopic (exact) mass is 267 g/mol. The lowest BCUT2D eigenvalue weighted by Gasteiger charge is -2.22. The second-order valence-corrected chi connectivity index (χ2v) is 5.16. The molecule has 1 aromatic heterocycles. The third-order valence-corrected chi connectivity index (χ3v) is 3.77. The van der Waals surface area contributed by atoms with E-state index in [4.69, 9.17) is 4.74 Å². The van der Waals surface area contributed by atoms with Crippen LogP contribution >= 0.6 is 11.8 Å². The molecule has 1 fully saturated rings. The summed E-state index contributed by atoms with van der Waals surface area (Å²) in [6, 6.07) is 3.61. The van der Waals surface area contributed by atoms with Crippen molar-refractivity contribution in [1.29, 1.82) is 0 Å². The summed E-state index contributed by atoms with van der Waals surface area (Å²) in [5.74, 6) is 2.55. The predicted octanol–water partition coefficient (Wildman–Crippen LogP) is 0.411. The van der Waals surface area contributed by atoms with E-state index in [1.807, 2.05) is 6.07 Å². The highest BCUT2D eigenvalue weighted by Crippen LogP contribution is 2.09. The Balaban J connectivity index is 1.80. The molecule has 1 unspecified atom stereocenters. The molecule has 2 rings (SSSR count). The van der Waals surface area contributed by atoms with Crippen molar-refractivity contribution in [2.45, 2.75) is 12.6 Å². The number of thioether (sulfide) groups is 1. The van der Waals surface area contributed by atoms with Crippen LogP contribution in [0.3, 0.4) is 0 Å². The summed E-state index contributed by atoms with van der Waals surface area (Å²) >= 11 is 1.81. The van der Waals surface area contributed by atoms with Gasteiger partial charge >= 0.3 is 0 Å². The summed E-state index contributed by atoms with van der Waals surface area (Å²) in [4.78, 5) is 16.0. The summed E-state index contributed by atoms with van der Waals surface area (Å²) in [7, 11) is 1.58. The fraction of sp³-hybridized carbons (Fsp3) is 0.500. The molecule has 0 aromatic carbocycles. The lowest BCUT2D eigenvalue weighted by atomic mass is 10.2. The number of hydrogen-bond acceptors (Lipinski definition) is 5. The minimum atomic E-state index is -0.0741. The quantitative estimate of drug-likeness (QED) is 0.827. The fourth-order valence-electron chi connectivity index (χ4n) is 1.68. The van der Waals surface area contributed by atoms with Gasteiger partial charge in [-0.3, -0.25) is 4.79 Å². The maximum Gasteiger partial charge on any atom is 0.238 e. The highest BCUT2D eigenvalue weighted by atomic mass is 32.2. The summed E-state index contributed by atoms with van der Waals surface area (Å²) in [6.07, 6.45) is 1.71. The van der Waals surface area contributed by atoms with Gasteiger partial charge in [0.25, 0.3) is 0 Å². The SMILES string of the molecule is COc1ccc(CNC(=O)C2CSCCN2)cn1. The second kappa shape index (κ2) is 6.61. The van der Waals surface area contributed by atoms with Gasteiger partial charge in [-0.15, -0.1) is 0 Å². The van der Waals surface area contributed by atoms with Crippen molar-refractivity contribution in [3.8, 4) is 5.88 Å². The van der Waals surface area contributed by atoms with Crippen LogP contribution in [0.15, 0.2) is 18.3 Å². The smallest absolute Gasteiger partial charge is 0.238 e. The van der Waals surface area contributed by atoms with Crippen molar-refractivity contribution < 1.29 is 9.53 Å². The molecule has 5 nitrogen and oxygen atoms in total. The van der Waals surface area contributed by atoms with E-state index >= 15 is 0 Å². The molecule has 1 amide bonds. The highest BCUT2D eigenvalue weighted by Gasteiger charge is 2.20. The molecule has 98 valence electrons. The van der Waals surface area contributed by atoms with Gasteiger partial charge < -0.3 is 15.4 Å². The number of hydrogen-bond donors (Lipinski definition) is 2. The zero-order valence-electron chi connectivity index (χ0n) is 10.3. The van der Waals surface area contributed by atoms with Gasteiger partial charge in [-0.2, -0.15) is 11.8 Å². The van der Waals surface area contributed by atoms with Crippen LogP contribution < -0.4 is 15.4 Å². The van der Waals surface area contributed by atoms with E-state index in [2.05, 4.69) is 15.6 Å². The standard InChI is InChI=1S/C12H17N3O2S/c1-17-11-3-2-9(6-14-11)7-15-12(16)10-8-18-5-4-13-10/h2-3,6,10,13H,4-5,7-8H2,1H3,(H,15,16). The minimum absolute atomic E-state index is 0.0537. The van der Waals surface area contributed by atoms with Crippen LogP contribution in [0.25, 0.3) is 0 Å². The summed E-state index contributed by atoms with van der Waals surface area (Å²) < 4.78 is 4.98. The van der Waals surface area contributed by atoms with Crippen molar-refractivity contribution in [3.05, 3.63) is 23.9 Å². The zero-order valence-corrected chi connectivity index (χ0v) is 11.1. The average molecular weight is 267 g/mol. The van der Waals surface area contributed by atoms with Crippen molar-refractivity contribution >= 4 is 17.7 Å². The molecule has 6 heteroatoms. The number of nitrogens with zero attached hydrogens (tertiary/aromatic N) is 1. The van der Waals surface area contributed by atoms with E-state index in [-0.39, 0.29) is 11.9 Å². The average Bonchev–Trinajstić information content (AvgIpc) is 2.46. The normalized spacial score (nSPS) is 19.3. The molecule has 2 heterocycles. The lowest BCUT2D eigenvalue weighted by Crippen LogP contribution is -2.48. The number of ether oxygens (including phenoxy) is 1. The van der Waals surface area contributed by atoms with Crippen LogP contribution in [-0.2, 0) is 11.3 Å². The first-order chi connectivity index (χ1) is 8.79. The fourth-order valence-corrected chi connectivity index (χ4v) is 2.62. The molecule has 0 saturated carbocycles. The molecule has 1 atom stereocenters. The minimum Gasteiger partial charge on any atom is -0.481 e. The Kier molecular flexibility index (Phi) is 4.83. The molecule has 0 spiro atoms. The van der Waals surface area contributed by atoms with Crippen molar-refractivity contribution in [2.75, 3.05) is 25.2 Å². The Labute approximate surface area is 111 Å². The summed E-state index contributed by atoms with van der Waals surface area (Å²) in [5, 5.41) is 6.12. The van der Waals surface area contributed by atoms with Gasteiger partial charge in [0, 0.05) is 36.9 Å². The number of carbonyl (C=O) groups excluding carboxylic acids is 1. The third kappa shape index (κ3) is 3.61. The maximum absolute atomic E-state index is 11.9. The molecule has 1 aromatic rings. The molecular formula is C12H17N3O2S. The molecule has 1 aliphatic rings. The molecule has 0 bridgehead atoms. The van der Waals surface area contributed by atoms with E-state index in [1.54, 1.807) is 31.1 Å². The van der Waals surface area contributed by atoms with E-state index in [0.717, 1.165) is 23.6 Å². The largest absolute Gasteiger partial charge is 0.481 e. The van der Waals surface area contributed by atoms with Gasteiger partial charge in [-0.1, -0.05) is 6.07 Å². The van der Waals surface area contributed by atoms with E-state index in [9.17, 15) is 4.79 Å². The van der Waals surface area contributed by atoms with Gasteiger partial charge in [-0.25, -0.2) is 4.98 Å².